The maximum atomic E-state index is 15.9. The average Bonchev–Trinajstić information content (AvgIpc) is 3.31. The van der Waals surface area contributed by atoms with Gasteiger partial charge in [-0.25, -0.2) is 14.2 Å². The van der Waals surface area contributed by atoms with E-state index in [4.69, 9.17) is 10.5 Å². The Labute approximate surface area is 225 Å². The number of aromatic nitrogens is 2. The van der Waals surface area contributed by atoms with Crippen molar-refractivity contribution in [1.82, 2.24) is 9.55 Å². The quantitative estimate of drug-likeness (QED) is 0.216. The predicted octanol–water partition coefficient (Wildman–Crippen LogP) is 5.61. The van der Waals surface area contributed by atoms with Gasteiger partial charge in [0.2, 0.25) is 5.91 Å². The maximum Gasteiger partial charge on any atom is 0.405 e. The van der Waals surface area contributed by atoms with Gasteiger partial charge in [-0.05, 0) is 44.0 Å². The Morgan fingerprint density at radius 2 is 1.79 bits per heavy atom. The standard InChI is InChI=1S/C30H29FN4O4/c1-19-33-14-15-35(19)23-11-7-10-21(16-23)25(36)17-26(37)34-28-22(18-30(2,3)39-29(32)38)12-13-24(27(28)31)20-8-5-4-6-9-20/h4-16H,17-18H2,1-3H3,(H2,32,38)(H,34,37). The number of aryl methyl sites for hydroxylation is 1. The molecule has 3 N–H and O–H groups in total. The molecule has 4 aromatic rings. The second kappa shape index (κ2) is 11.3. The summed E-state index contributed by atoms with van der Waals surface area (Å²) in [5, 5.41) is 2.60. The number of ketones is 1. The van der Waals surface area contributed by atoms with E-state index in [0.717, 1.165) is 11.5 Å². The van der Waals surface area contributed by atoms with Crippen LogP contribution in [0, 0.1) is 12.7 Å². The minimum atomic E-state index is -1.08. The molecule has 0 atom stereocenters. The molecule has 1 heterocycles. The van der Waals surface area contributed by atoms with Gasteiger partial charge in [0.05, 0.1) is 12.1 Å². The molecular weight excluding hydrogens is 499 g/mol. The zero-order valence-corrected chi connectivity index (χ0v) is 21.9. The molecule has 39 heavy (non-hydrogen) atoms. The molecule has 200 valence electrons. The SMILES string of the molecule is Cc1nccn1-c1cccc(C(=O)CC(=O)Nc2c(CC(C)(C)OC(N)=O)ccc(-c3ccccc3)c2F)c1. The summed E-state index contributed by atoms with van der Waals surface area (Å²) >= 11 is 0. The second-order valence-corrected chi connectivity index (χ2v) is 9.73. The number of nitrogens with zero attached hydrogens (tertiary/aromatic N) is 2. The molecule has 0 aliphatic rings. The molecule has 0 aliphatic carbocycles. The fraction of sp³-hybridized carbons (Fsp3) is 0.200. The van der Waals surface area contributed by atoms with Crippen molar-refractivity contribution in [3.8, 4) is 16.8 Å². The van der Waals surface area contributed by atoms with Gasteiger partial charge in [-0.15, -0.1) is 0 Å². The van der Waals surface area contributed by atoms with E-state index in [9.17, 15) is 14.4 Å². The number of Topliss-reactive ketones (excluding diaryl/α,β-unsaturated/α-hetero) is 1. The molecule has 0 saturated heterocycles. The Bertz CT molecular complexity index is 1530. The first-order valence-electron chi connectivity index (χ1n) is 12.3. The molecule has 0 radical (unpaired) electrons. The number of imidazole rings is 1. The van der Waals surface area contributed by atoms with Gasteiger partial charge < -0.3 is 20.4 Å². The lowest BCUT2D eigenvalue weighted by Crippen LogP contribution is -2.33. The molecule has 0 saturated carbocycles. The largest absolute Gasteiger partial charge is 0.443 e. The van der Waals surface area contributed by atoms with Crippen molar-refractivity contribution < 1.29 is 23.5 Å². The number of hydrogen-bond donors (Lipinski definition) is 2. The number of hydrogen-bond acceptors (Lipinski definition) is 5. The lowest BCUT2D eigenvalue weighted by Gasteiger charge is -2.26. The van der Waals surface area contributed by atoms with Crippen molar-refractivity contribution in [1.29, 1.82) is 0 Å². The topological polar surface area (TPSA) is 116 Å². The zero-order chi connectivity index (χ0) is 28.2. The van der Waals surface area contributed by atoms with Crippen LogP contribution in [-0.4, -0.2) is 32.9 Å². The number of benzene rings is 3. The Balaban J connectivity index is 1.61. The third kappa shape index (κ3) is 6.56. The Morgan fingerprint density at radius 3 is 2.46 bits per heavy atom. The van der Waals surface area contributed by atoms with Crippen molar-refractivity contribution in [3.63, 3.8) is 0 Å². The van der Waals surface area contributed by atoms with E-state index >= 15 is 4.39 Å². The monoisotopic (exact) mass is 528 g/mol. The number of halogens is 1. The van der Waals surface area contributed by atoms with E-state index in [1.54, 1.807) is 80.8 Å². The van der Waals surface area contributed by atoms with Crippen LogP contribution in [0.1, 0.15) is 42.0 Å². The van der Waals surface area contributed by atoms with Gasteiger partial charge >= 0.3 is 6.09 Å². The molecule has 8 nitrogen and oxygen atoms in total. The molecule has 0 aliphatic heterocycles. The number of primary amides is 1. The van der Waals surface area contributed by atoms with Crippen LogP contribution in [-0.2, 0) is 16.0 Å². The van der Waals surface area contributed by atoms with Gasteiger partial charge in [-0.2, -0.15) is 0 Å². The van der Waals surface area contributed by atoms with Crippen LogP contribution in [0.4, 0.5) is 14.9 Å². The number of amides is 2. The Kier molecular flexibility index (Phi) is 7.90. The third-order valence-electron chi connectivity index (χ3n) is 6.16. The second-order valence-electron chi connectivity index (χ2n) is 9.73. The van der Waals surface area contributed by atoms with Crippen LogP contribution in [0.3, 0.4) is 0 Å². The van der Waals surface area contributed by atoms with Crippen molar-refractivity contribution in [2.75, 3.05) is 5.32 Å². The van der Waals surface area contributed by atoms with Crippen LogP contribution in [0.15, 0.2) is 79.1 Å². The van der Waals surface area contributed by atoms with E-state index in [2.05, 4.69) is 10.3 Å². The van der Waals surface area contributed by atoms with E-state index in [1.807, 2.05) is 23.6 Å². The number of nitrogens with one attached hydrogen (secondary N) is 1. The van der Waals surface area contributed by atoms with Gasteiger partial charge in [0.15, 0.2) is 11.6 Å². The van der Waals surface area contributed by atoms with Crippen LogP contribution in [0.25, 0.3) is 16.8 Å². The highest BCUT2D eigenvalue weighted by Crippen LogP contribution is 2.33. The first-order valence-corrected chi connectivity index (χ1v) is 12.3. The lowest BCUT2D eigenvalue weighted by atomic mass is 9.93. The maximum absolute atomic E-state index is 15.9. The molecule has 1 aromatic heterocycles. The summed E-state index contributed by atoms with van der Waals surface area (Å²) in [4.78, 5) is 41.6. The van der Waals surface area contributed by atoms with Gasteiger partial charge in [-0.1, -0.05) is 54.6 Å². The third-order valence-corrected chi connectivity index (χ3v) is 6.16. The predicted molar refractivity (Wildman–Crippen MR) is 146 cm³/mol. The molecule has 0 bridgehead atoms. The van der Waals surface area contributed by atoms with Crippen molar-refractivity contribution in [3.05, 3.63) is 102 Å². The van der Waals surface area contributed by atoms with Gasteiger partial charge in [0.25, 0.3) is 0 Å². The Morgan fingerprint density at radius 1 is 1.05 bits per heavy atom. The highest BCUT2D eigenvalue weighted by molar-refractivity contribution is 6.11. The number of carbonyl (C=O) groups is 3. The highest BCUT2D eigenvalue weighted by atomic mass is 19.1. The van der Waals surface area contributed by atoms with Gasteiger partial charge in [0.1, 0.15) is 11.4 Å². The molecule has 0 spiro atoms. The summed E-state index contributed by atoms with van der Waals surface area (Å²) in [6.45, 7) is 5.10. The average molecular weight is 529 g/mol. The molecule has 3 aromatic carbocycles. The van der Waals surface area contributed by atoms with Gasteiger partial charge in [-0.3, -0.25) is 9.59 Å². The molecule has 0 unspecified atom stereocenters. The van der Waals surface area contributed by atoms with Crippen molar-refractivity contribution in [2.45, 2.75) is 39.2 Å². The van der Waals surface area contributed by atoms with E-state index in [-0.39, 0.29) is 17.7 Å². The molecule has 4 rings (SSSR count). The summed E-state index contributed by atoms with van der Waals surface area (Å²) in [5.74, 6) is -1.01. The smallest absolute Gasteiger partial charge is 0.405 e. The summed E-state index contributed by atoms with van der Waals surface area (Å²) in [7, 11) is 0. The first-order chi connectivity index (χ1) is 18.5. The zero-order valence-electron chi connectivity index (χ0n) is 21.9. The minimum Gasteiger partial charge on any atom is -0.443 e. The minimum absolute atomic E-state index is 0.0673. The number of nitrogens with two attached hydrogens (primary N) is 1. The fourth-order valence-corrected chi connectivity index (χ4v) is 4.42. The van der Waals surface area contributed by atoms with Crippen LogP contribution in [0.5, 0.6) is 0 Å². The summed E-state index contributed by atoms with van der Waals surface area (Å²) in [5.41, 5.74) is 6.38. The van der Waals surface area contributed by atoms with Crippen LogP contribution >= 0.6 is 0 Å². The molecule has 0 fully saturated rings. The van der Waals surface area contributed by atoms with E-state index in [1.165, 1.54) is 0 Å². The van der Waals surface area contributed by atoms with Crippen molar-refractivity contribution >= 4 is 23.5 Å². The first kappa shape index (κ1) is 27.3. The van der Waals surface area contributed by atoms with Crippen LogP contribution < -0.4 is 11.1 Å². The van der Waals surface area contributed by atoms with E-state index < -0.39 is 35.6 Å². The summed E-state index contributed by atoms with van der Waals surface area (Å²) < 4.78 is 22.9. The van der Waals surface area contributed by atoms with Gasteiger partial charge in [0, 0.05) is 35.6 Å². The molecule has 2 amide bonds. The Hall–Kier alpha value is -4.79. The number of ether oxygens (including phenoxy) is 1. The summed E-state index contributed by atoms with van der Waals surface area (Å²) in [6, 6.07) is 19.0. The number of carbonyl (C=O) groups excluding carboxylic acids is 3. The number of anilines is 1. The number of rotatable bonds is 9. The van der Waals surface area contributed by atoms with Crippen LogP contribution in [0.2, 0.25) is 0 Å². The molecule has 9 heteroatoms. The van der Waals surface area contributed by atoms with E-state index in [0.29, 0.717) is 16.7 Å². The normalized spacial score (nSPS) is 11.2. The molecular formula is C30H29FN4O4. The lowest BCUT2D eigenvalue weighted by molar-refractivity contribution is -0.115. The fourth-order valence-electron chi connectivity index (χ4n) is 4.42. The van der Waals surface area contributed by atoms with Crippen molar-refractivity contribution in [2.24, 2.45) is 5.73 Å². The summed E-state index contributed by atoms with van der Waals surface area (Å²) in [6.07, 6.45) is 2.03. The highest BCUT2D eigenvalue weighted by Gasteiger charge is 2.27.